The fourth-order valence-corrected chi connectivity index (χ4v) is 3.46. The summed E-state index contributed by atoms with van der Waals surface area (Å²) in [6.45, 7) is 1.99. The Bertz CT molecular complexity index is 751. The third-order valence-corrected chi connectivity index (χ3v) is 4.75. The lowest BCUT2D eigenvalue weighted by molar-refractivity contribution is 0.102. The van der Waals surface area contributed by atoms with Crippen molar-refractivity contribution in [2.45, 2.75) is 12.1 Å². The number of hydrogen-bond donors (Lipinski definition) is 0. The molecule has 0 aliphatic carbocycles. The van der Waals surface area contributed by atoms with Crippen molar-refractivity contribution in [2.75, 3.05) is 5.75 Å². The van der Waals surface area contributed by atoms with Crippen LogP contribution < -0.4 is 0 Å². The predicted octanol–water partition coefficient (Wildman–Crippen LogP) is 3.01. The largest absolute Gasteiger partial charge is 0.292 e. The fourth-order valence-electron chi connectivity index (χ4n) is 1.79. The van der Waals surface area contributed by atoms with E-state index >= 15 is 0 Å². The summed E-state index contributed by atoms with van der Waals surface area (Å²) in [6.07, 6.45) is 0. The predicted molar refractivity (Wildman–Crippen MR) is 83.3 cm³/mol. The van der Waals surface area contributed by atoms with Crippen LogP contribution in [-0.4, -0.2) is 31.7 Å². The highest BCUT2D eigenvalue weighted by molar-refractivity contribution is 7.99. The average molecular weight is 316 g/mol. The number of nitrogens with zero attached hydrogens (tertiary/aromatic N) is 4. The quantitative estimate of drug-likeness (QED) is 0.535. The van der Waals surface area contributed by atoms with E-state index in [0.29, 0.717) is 10.9 Å². The van der Waals surface area contributed by atoms with E-state index in [-0.39, 0.29) is 5.78 Å². The summed E-state index contributed by atoms with van der Waals surface area (Å²) >= 11 is 2.86. The van der Waals surface area contributed by atoms with Crippen LogP contribution in [0.2, 0.25) is 0 Å². The highest BCUT2D eigenvalue weighted by atomic mass is 32.2. The molecule has 3 aromatic rings. The van der Waals surface area contributed by atoms with E-state index < -0.39 is 0 Å². The Morgan fingerprint density at radius 1 is 1.24 bits per heavy atom. The van der Waals surface area contributed by atoms with Crippen molar-refractivity contribution in [1.82, 2.24) is 20.2 Å². The molecule has 0 spiro atoms. The highest BCUT2D eigenvalue weighted by Crippen LogP contribution is 2.22. The molecule has 0 unspecified atom stereocenters. The third-order valence-electron chi connectivity index (χ3n) is 2.79. The molecule has 0 saturated heterocycles. The maximum absolute atomic E-state index is 12.1. The van der Waals surface area contributed by atoms with Gasteiger partial charge < -0.3 is 0 Å². The Balaban J connectivity index is 1.72. The molecule has 2 aromatic heterocycles. The SMILES string of the molecule is Cc1ccc(C(=O)CSc2nnnn2-c2ccccc2)s1. The van der Waals surface area contributed by atoms with Crippen LogP contribution in [0, 0.1) is 6.92 Å². The van der Waals surface area contributed by atoms with Crippen LogP contribution in [0.3, 0.4) is 0 Å². The number of carbonyl (C=O) groups is 1. The number of aryl methyl sites for hydroxylation is 1. The zero-order valence-corrected chi connectivity index (χ0v) is 12.9. The summed E-state index contributed by atoms with van der Waals surface area (Å²) in [5.74, 6) is 0.424. The summed E-state index contributed by atoms with van der Waals surface area (Å²) in [5, 5.41) is 12.2. The number of Topliss-reactive ketones (excluding diaryl/α,β-unsaturated/α-hetero) is 1. The molecule has 0 aliphatic heterocycles. The van der Waals surface area contributed by atoms with Gasteiger partial charge in [0.15, 0.2) is 5.78 Å². The van der Waals surface area contributed by atoms with Crippen LogP contribution in [0.25, 0.3) is 5.69 Å². The average Bonchev–Trinajstić information content (AvgIpc) is 3.14. The molecule has 0 atom stereocenters. The molecule has 0 amide bonds. The van der Waals surface area contributed by atoms with Crippen LogP contribution >= 0.6 is 23.1 Å². The van der Waals surface area contributed by atoms with Crippen molar-refractivity contribution in [3.63, 3.8) is 0 Å². The molecule has 7 heteroatoms. The first-order valence-electron chi connectivity index (χ1n) is 6.30. The van der Waals surface area contributed by atoms with E-state index in [1.165, 1.54) is 23.1 Å². The van der Waals surface area contributed by atoms with Gasteiger partial charge in [0.25, 0.3) is 0 Å². The molecule has 2 heterocycles. The minimum atomic E-state index is 0.0979. The van der Waals surface area contributed by atoms with Gasteiger partial charge in [0.05, 0.1) is 16.3 Å². The summed E-state index contributed by atoms with van der Waals surface area (Å²) in [7, 11) is 0. The molecule has 1 aromatic carbocycles. The molecule has 5 nitrogen and oxygen atoms in total. The standard InChI is InChI=1S/C14H12N4OS2/c1-10-7-8-13(21-10)12(19)9-20-14-15-16-17-18(14)11-5-3-2-4-6-11/h2-8H,9H2,1H3. The zero-order valence-electron chi connectivity index (χ0n) is 11.3. The van der Waals surface area contributed by atoms with Gasteiger partial charge in [0.2, 0.25) is 5.16 Å². The van der Waals surface area contributed by atoms with E-state index in [1.54, 1.807) is 4.68 Å². The number of ketones is 1. The summed E-state index contributed by atoms with van der Waals surface area (Å²) < 4.78 is 1.64. The first-order chi connectivity index (χ1) is 10.2. The van der Waals surface area contributed by atoms with Crippen LogP contribution in [0.5, 0.6) is 0 Å². The number of thioether (sulfide) groups is 1. The number of para-hydroxylation sites is 1. The number of rotatable bonds is 5. The lowest BCUT2D eigenvalue weighted by Crippen LogP contribution is -2.03. The lowest BCUT2D eigenvalue weighted by Gasteiger charge is -2.02. The van der Waals surface area contributed by atoms with Crippen molar-refractivity contribution in [2.24, 2.45) is 0 Å². The number of aromatic nitrogens is 4. The van der Waals surface area contributed by atoms with Gasteiger partial charge in [-0.2, -0.15) is 4.68 Å². The molecular weight excluding hydrogens is 304 g/mol. The molecule has 0 N–H and O–H groups in total. The minimum absolute atomic E-state index is 0.0979. The summed E-state index contributed by atoms with van der Waals surface area (Å²) in [5.41, 5.74) is 0.879. The molecule has 21 heavy (non-hydrogen) atoms. The van der Waals surface area contributed by atoms with Gasteiger partial charge in [-0.05, 0) is 41.6 Å². The molecule has 0 aliphatic rings. The second-order valence-electron chi connectivity index (χ2n) is 4.33. The van der Waals surface area contributed by atoms with Gasteiger partial charge in [-0.1, -0.05) is 30.0 Å². The van der Waals surface area contributed by atoms with Crippen LogP contribution in [0.15, 0.2) is 47.6 Å². The van der Waals surface area contributed by atoms with Gasteiger partial charge in [-0.3, -0.25) is 4.79 Å². The van der Waals surface area contributed by atoms with Gasteiger partial charge in [-0.15, -0.1) is 16.4 Å². The molecule has 0 saturated carbocycles. The van der Waals surface area contributed by atoms with E-state index in [9.17, 15) is 4.79 Å². The minimum Gasteiger partial charge on any atom is -0.292 e. The van der Waals surface area contributed by atoms with Crippen molar-refractivity contribution >= 4 is 28.9 Å². The van der Waals surface area contributed by atoms with Gasteiger partial charge >= 0.3 is 0 Å². The maximum atomic E-state index is 12.1. The van der Waals surface area contributed by atoms with Gasteiger partial charge in [0.1, 0.15) is 0 Å². The Labute approximate surface area is 130 Å². The fraction of sp³-hybridized carbons (Fsp3) is 0.143. The second kappa shape index (κ2) is 6.19. The summed E-state index contributed by atoms with van der Waals surface area (Å²) in [6, 6.07) is 13.4. The molecule has 0 radical (unpaired) electrons. The van der Waals surface area contributed by atoms with Crippen molar-refractivity contribution in [3.8, 4) is 5.69 Å². The first kappa shape index (κ1) is 14.0. The molecule has 0 fully saturated rings. The van der Waals surface area contributed by atoms with Crippen LogP contribution in [0.4, 0.5) is 0 Å². The monoisotopic (exact) mass is 316 g/mol. The summed E-state index contributed by atoms with van der Waals surface area (Å²) in [4.78, 5) is 14.0. The highest BCUT2D eigenvalue weighted by Gasteiger charge is 2.13. The maximum Gasteiger partial charge on any atom is 0.214 e. The van der Waals surface area contributed by atoms with Crippen LogP contribution in [0.1, 0.15) is 14.5 Å². The van der Waals surface area contributed by atoms with E-state index in [2.05, 4.69) is 15.5 Å². The number of hydrogen-bond acceptors (Lipinski definition) is 6. The van der Waals surface area contributed by atoms with Crippen LogP contribution in [-0.2, 0) is 0 Å². The number of thiophene rings is 1. The van der Waals surface area contributed by atoms with Gasteiger partial charge in [-0.25, -0.2) is 0 Å². The smallest absolute Gasteiger partial charge is 0.214 e. The zero-order chi connectivity index (χ0) is 14.7. The van der Waals surface area contributed by atoms with E-state index in [4.69, 9.17) is 0 Å². The number of carbonyl (C=O) groups excluding carboxylic acids is 1. The van der Waals surface area contributed by atoms with E-state index in [0.717, 1.165) is 15.4 Å². The Kier molecular flexibility index (Phi) is 4.12. The van der Waals surface area contributed by atoms with Crippen molar-refractivity contribution in [1.29, 1.82) is 0 Å². The molecule has 3 rings (SSSR count). The molecule has 106 valence electrons. The number of benzene rings is 1. The first-order valence-corrected chi connectivity index (χ1v) is 8.10. The molecule has 0 bridgehead atoms. The van der Waals surface area contributed by atoms with Gasteiger partial charge in [0, 0.05) is 4.88 Å². The third kappa shape index (κ3) is 3.20. The lowest BCUT2D eigenvalue weighted by atomic mass is 10.3. The van der Waals surface area contributed by atoms with Crippen molar-refractivity contribution < 1.29 is 4.79 Å². The topological polar surface area (TPSA) is 60.7 Å². The normalized spacial score (nSPS) is 10.7. The second-order valence-corrected chi connectivity index (χ2v) is 6.56. The Hall–Kier alpha value is -1.99. The van der Waals surface area contributed by atoms with E-state index in [1.807, 2.05) is 49.4 Å². The Morgan fingerprint density at radius 3 is 2.76 bits per heavy atom. The molecular formula is C14H12N4OS2. The number of tetrazole rings is 1. The Morgan fingerprint density at radius 2 is 2.05 bits per heavy atom. The van der Waals surface area contributed by atoms with Crippen molar-refractivity contribution in [3.05, 3.63) is 52.2 Å².